The average molecular weight is 253 g/mol. The molecular formula is C15H31N3. The first-order valence-electron chi connectivity index (χ1n) is 7.88. The van der Waals surface area contributed by atoms with Crippen molar-refractivity contribution in [1.82, 2.24) is 15.1 Å². The standard InChI is InChI=1S/C15H31N3/c1-4-8-16-14-7-10-18(13(2)11-14)15-6-5-9-17(3)12-15/h13-16H,4-12H2,1-3H3. The molecule has 0 bridgehead atoms. The highest BCUT2D eigenvalue weighted by Crippen LogP contribution is 2.24. The lowest BCUT2D eigenvalue weighted by molar-refractivity contribution is 0.0473. The molecule has 2 aliphatic heterocycles. The van der Waals surface area contributed by atoms with E-state index in [1.807, 2.05) is 0 Å². The molecule has 0 aliphatic carbocycles. The van der Waals surface area contributed by atoms with Crippen molar-refractivity contribution in [3.05, 3.63) is 0 Å². The number of nitrogens with zero attached hydrogens (tertiary/aromatic N) is 2. The van der Waals surface area contributed by atoms with Crippen LogP contribution < -0.4 is 5.32 Å². The number of hydrogen-bond acceptors (Lipinski definition) is 3. The molecule has 2 heterocycles. The van der Waals surface area contributed by atoms with Crippen LogP contribution in [0.5, 0.6) is 0 Å². The predicted molar refractivity (Wildman–Crippen MR) is 78.0 cm³/mol. The summed E-state index contributed by atoms with van der Waals surface area (Å²) in [5.41, 5.74) is 0. The van der Waals surface area contributed by atoms with Crippen LogP contribution in [0.3, 0.4) is 0 Å². The molecule has 3 heteroatoms. The largest absolute Gasteiger partial charge is 0.314 e. The maximum Gasteiger partial charge on any atom is 0.0226 e. The van der Waals surface area contributed by atoms with Crippen molar-refractivity contribution in [1.29, 1.82) is 0 Å². The Balaban J connectivity index is 1.81. The summed E-state index contributed by atoms with van der Waals surface area (Å²) < 4.78 is 0. The fraction of sp³-hybridized carbons (Fsp3) is 1.00. The van der Waals surface area contributed by atoms with Crippen LogP contribution in [0.25, 0.3) is 0 Å². The topological polar surface area (TPSA) is 18.5 Å². The molecule has 3 atom stereocenters. The third-order valence-electron chi connectivity index (χ3n) is 4.68. The maximum atomic E-state index is 3.70. The van der Waals surface area contributed by atoms with Crippen LogP contribution in [0.2, 0.25) is 0 Å². The third-order valence-corrected chi connectivity index (χ3v) is 4.68. The normalized spacial score (nSPS) is 35.8. The van der Waals surface area contributed by atoms with Crippen molar-refractivity contribution in [2.75, 3.05) is 33.2 Å². The second-order valence-corrected chi connectivity index (χ2v) is 6.32. The Morgan fingerprint density at radius 2 is 2.06 bits per heavy atom. The molecule has 1 N–H and O–H groups in total. The van der Waals surface area contributed by atoms with E-state index < -0.39 is 0 Å². The summed E-state index contributed by atoms with van der Waals surface area (Å²) in [6.45, 7) is 9.72. The SMILES string of the molecule is CCCNC1CCN(C2CCCN(C)C2)C(C)C1. The molecule has 2 rings (SSSR count). The first-order chi connectivity index (χ1) is 8.70. The first kappa shape index (κ1) is 14.3. The molecule has 0 radical (unpaired) electrons. The predicted octanol–water partition coefficient (Wildman–Crippen LogP) is 1.93. The van der Waals surface area contributed by atoms with Crippen LogP contribution >= 0.6 is 0 Å². The van der Waals surface area contributed by atoms with E-state index in [0.717, 1.165) is 18.1 Å². The lowest BCUT2D eigenvalue weighted by Gasteiger charge is -2.45. The molecule has 0 spiro atoms. The highest BCUT2D eigenvalue weighted by molar-refractivity contribution is 4.89. The quantitative estimate of drug-likeness (QED) is 0.826. The van der Waals surface area contributed by atoms with Gasteiger partial charge >= 0.3 is 0 Å². The van der Waals surface area contributed by atoms with Crippen LogP contribution in [-0.2, 0) is 0 Å². The van der Waals surface area contributed by atoms with Gasteiger partial charge in [-0.3, -0.25) is 4.90 Å². The van der Waals surface area contributed by atoms with E-state index in [-0.39, 0.29) is 0 Å². The smallest absolute Gasteiger partial charge is 0.0226 e. The van der Waals surface area contributed by atoms with Gasteiger partial charge in [-0.05, 0) is 59.2 Å². The molecule has 0 aromatic heterocycles. The number of nitrogens with one attached hydrogen (secondary N) is 1. The molecule has 106 valence electrons. The van der Waals surface area contributed by atoms with Crippen molar-refractivity contribution in [3.63, 3.8) is 0 Å². The second kappa shape index (κ2) is 6.88. The minimum absolute atomic E-state index is 0.754. The van der Waals surface area contributed by atoms with E-state index >= 15 is 0 Å². The van der Waals surface area contributed by atoms with E-state index in [1.54, 1.807) is 0 Å². The summed E-state index contributed by atoms with van der Waals surface area (Å²) in [5.74, 6) is 0. The van der Waals surface area contributed by atoms with E-state index in [9.17, 15) is 0 Å². The Labute approximate surface area is 113 Å². The summed E-state index contributed by atoms with van der Waals surface area (Å²) in [4.78, 5) is 5.28. The molecule has 3 unspecified atom stereocenters. The van der Waals surface area contributed by atoms with E-state index in [2.05, 4.69) is 36.0 Å². The van der Waals surface area contributed by atoms with Gasteiger partial charge in [-0.2, -0.15) is 0 Å². The summed E-state index contributed by atoms with van der Waals surface area (Å²) in [6, 6.07) is 2.33. The van der Waals surface area contributed by atoms with Crippen molar-refractivity contribution in [2.45, 2.75) is 64.1 Å². The van der Waals surface area contributed by atoms with E-state index in [4.69, 9.17) is 0 Å². The number of hydrogen-bond donors (Lipinski definition) is 1. The lowest BCUT2D eigenvalue weighted by Crippen LogP contribution is -2.55. The van der Waals surface area contributed by atoms with Gasteiger partial charge in [0.1, 0.15) is 0 Å². The zero-order valence-electron chi connectivity index (χ0n) is 12.5. The Hall–Kier alpha value is -0.120. The van der Waals surface area contributed by atoms with Gasteiger partial charge in [0, 0.05) is 31.2 Å². The monoisotopic (exact) mass is 253 g/mol. The van der Waals surface area contributed by atoms with Gasteiger partial charge in [0.05, 0.1) is 0 Å². The summed E-state index contributed by atoms with van der Waals surface area (Å²) >= 11 is 0. The molecule has 0 saturated carbocycles. The highest BCUT2D eigenvalue weighted by atomic mass is 15.2. The molecule has 0 amide bonds. The number of rotatable bonds is 4. The number of likely N-dealkylation sites (N-methyl/N-ethyl adjacent to an activating group) is 1. The molecule has 0 aromatic carbocycles. The van der Waals surface area contributed by atoms with Gasteiger partial charge in [0.15, 0.2) is 0 Å². The van der Waals surface area contributed by atoms with Crippen molar-refractivity contribution < 1.29 is 0 Å². The fourth-order valence-corrected chi connectivity index (χ4v) is 3.68. The van der Waals surface area contributed by atoms with Gasteiger partial charge in [-0.1, -0.05) is 6.92 Å². The Morgan fingerprint density at radius 1 is 1.22 bits per heavy atom. The van der Waals surface area contributed by atoms with Crippen LogP contribution in [-0.4, -0.2) is 61.2 Å². The molecular weight excluding hydrogens is 222 g/mol. The molecule has 2 fully saturated rings. The van der Waals surface area contributed by atoms with Gasteiger partial charge in [0.25, 0.3) is 0 Å². The van der Waals surface area contributed by atoms with Gasteiger partial charge in [-0.15, -0.1) is 0 Å². The maximum absolute atomic E-state index is 3.70. The summed E-state index contributed by atoms with van der Waals surface area (Å²) in [6.07, 6.45) is 6.70. The Bertz CT molecular complexity index is 244. The van der Waals surface area contributed by atoms with Gasteiger partial charge in [0.2, 0.25) is 0 Å². The molecule has 0 aromatic rings. The Morgan fingerprint density at radius 3 is 2.72 bits per heavy atom. The van der Waals surface area contributed by atoms with Crippen LogP contribution in [0.15, 0.2) is 0 Å². The first-order valence-corrected chi connectivity index (χ1v) is 7.88. The fourth-order valence-electron chi connectivity index (χ4n) is 3.68. The minimum atomic E-state index is 0.754. The van der Waals surface area contributed by atoms with Crippen LogP contribution in [0, 0.1) is 0 Å². The van der Waals surface area contributed by atoms with E-state index in [1.165, 1.54) is 58.3 Å². The third kappa shape index (κ3) is 3.69. The van der Waals surface area contributed by atoms with Gasteiger partial charge < -0.3 is 10.2 Å². The minimum Gasteiger partial charge on any atom is -0.314 e. The summed E-state index contributed by atoms with van der Waals surface area (Å²) in [7, 11) is 2.27. The van der Waals surface area contributed by atoms with Crippen molar-refractivity contribution in [2.24, 2.45) is 0 Å². The molecule has 18 heavy (non-hydrogen) atoms. The molecule has 2 aliphatic rings. The van der Waals surface area contributed by atoms with Crippen molar-refractivity contribution >= 4 is 0 Å². The van der Waals surface area contributed by atoms with Crippen molar-refractivity contribution in [3.8, 4) is 0 Å². The van der Waals surface area contributed by atoms with Gasteiger partial charge in [-0.25, -0.2) is 0 Å². The Kier molecular flexibility index (Phi) is 5.46. The average Bonchev–Trinajstić information content (AvgIpc) is 2.36. The zero-order valence-corrected chi connectivity index (χ0v) is 12.5. The molecule has 3 nitrogen and oxygen atoms in total. The van der Waals surface area contributed by atoms with Crippen LogP contribution in [0.4, 0.5) is 0 Å². The lowest BCUT2D eigenvalue weighted by atomic mass is 9.93. The number of likely N-dealkylation sites (tertiary alicyclic amines) is 2. The summed E-state index contributed by atoms with van der Waals surface area (Å²) in [5, 5.41) is 3.70. The zero-order chi connectivity index (χ0) is 13.0. The molecule has 2 saturated heterocycles. The highest BCUT2D eigenvalue weighted by Gasteiger charge is 2.31. The number of piperidine rings is 2. The van der Waals surface area contributed by atoms with E-state index in [0.29, 0.717) is 0 Å². The van der Waals surface area contributed by atoms with Crippen LogP contribution in [0.1, 0.15) is 46.0 Å². The second-order valence-electron chi connectivity index (χ2n) is 6.32.